The van der Waals surface area contributed by atoms with Gasteiger partial charge in [-0.3, -0.25) is 4.79 Å². The summed E-state index contributed by atoms with van der Waals surface area (Å²) >= 11 is 0. The number of tetrazole rings is 1. The number of methoxy groups -OCH3 is 1. The predicted octanol–water partition coefficient (Wildman–Crippen LogP) is 2.03. The lowest BCUT2D eigenvalue weighted by atomic mass is 10.2. The number of nitrogens with zero attached hydrogens (tertiary/aromatic N) is 4. The average Bonchev–Trinajstić information content (AvgIpc) is 3.06. The van der Waals surface area contributed by atoms with Crippen LogP contribution in [0.2, 0.25) is 0 Å². The molecule has 0 spiro atoms. The van der Waals surface area contributed by atoms with Gasteiger partial charge >= 0.3 is 0 Å². The number of carbonyl (C=O) groups is 1. The van der Waals surface area contributed by atoms with Crippen LogP contribution < -0.4 is 15.4 Å². The highest BCUT2D eigenvalue weighted by Gasteiger charge is 2.11. The molecule has 0 atom stereocenters. The predicted molar refractivity (Wildman–Crippen MR) is 94.0 cm³/mol. The Morgan fingerprint density at radius 1 is 1.16 bits per heavy atom. The van der Waals surface area contributed by atoms with Crippen molar-refractivity contribution in [1.29, 1.82) is 0 Å². The molecular formula is C17H18N6O2. The first-order chi connectivity index (χ1) is 12.2. The van der Waals surface area contributed by atoms with Gasteiger partial charge in [0, 0.05) is 11.4 Å². The summed E-state index contributed by atoms with van der Waals surface area (Å²) in [5.41, 5.74) is 2.21. The number of hydrogen-bond acceptors (Lipinski definition) is 6. The molecule has 8 heteroatoms. The van der Waals surface area contributed by atoms with Crippen LogP contribution in [-0.2, 0) is 4.79 Å². The van der Waals surface area contributed by atoms with Gasteiger partial charge in [-0.2, -0.15) is 4.68 Å². The van der Waals surface area contributed by atoms with Crippen LogP contribution in [0.25, 0.3) is 5.69 Å². The van der Waals surface area contributed by atoms with Gasteiger partial charge in [0.1, 0.15) is 11.4 Å². The molecule has 0 aliphatic heterocycles. The molecule has 128 valence electrons. The molecule has 0 saturated heterocycles. The summed E-state index contributed by atoms with van der Waals surface area (Å²) in [7, 11) is 1.58. The van der Waals surface area contributed by atoms with Gasteiger partial charge in [-0.1, -0.05) is 18.2 Å². The average molecular weight is 338 g/mol. The molecule has 2 aromatic carbocycles. The first-order valence-corrected chi connectivity index (χ1v) is 7.69. The fourth-order valence-electron chi connectivity index (χ4n) is 2.33. The van der Waals surface area contributed by atoms with Crippen LogP contribution in [0.3, 0.4) is 0 Å². The number of anilines is 2. The second kappa shape index (κ2) is 7.43. The molecule has 0 aliphatic carbocycles. The zero-order valence-electron chi connectivity index (χ0n) is 13.9. The zero-order valence-corrected chi connectivity index (χ0v) is 13.9. The third-order valence-corrected chi connectivity index (χ3v) is 3.54. The Labute approximate surface area is 144 Å². The molecule has 1 aromatic heterocycles. The Hall–Kier alpha value is -3.42. The van der Waals surface area contributed by atoms with Crippen molar-refractivity contribution >= 4 is 17.3 Å². The van der Waals surface area contributed by atoms with Crippen molar-refractivity contribution in [2.75, 3.05) is 24.3 Å². The van der Waals surface area contributed by atoms with Crippen molar-refractivity contribution < 1.29 is 9.53 Å². The molecule has 0 aliphatic rings. The van der Waals surface area contributed by atoms with E-state index in [0.717, 1.165) is 11.4 Å². The maximum absolute atomic E-state index is 12.0. The Balaban J connectivity index is 1.71. The molecule has 0 saturated carbocycles. The lowest BCUT2D eigenvalue weighted by Gasteiger charge is -2.12. The summed E-state index contributed by atoms with van der Waals surface area (Å²) in [4.78, 5) is 12.0. The van der Waals surface area contributed by atoms with Crippen molar-refractivity contribution in [3.63, 3.8) is 0 Å². The number of aryl methyl sites for hydroxylation is 1. The SMILES string of the molecule is COc1ccc(NCC(=O)Nc2ccccc2)cc1-n1nnnc1C. The van der Waals surface area contributed by atoms with Crippen LogP contribution in [0.1, 0.15) is 5.82 Å². The van der Waals surface area contributed by atoms with Gasteiger partial charge in [0.25, 0.3) is 0 Å². The quantitative estimate of drug-likeness (QED) is 0.714. The third-order valence-electron chi connectivity index (χ3n) is 3.54. The lowest BCUT2D eigenvalue weighted by molar-refractivity contribution is -0.114. The summed E-state index contributed by atoms with van der Waals surface area (Å²) in [6, 6.07) is 14.8. The summed E-state index contributed by atoms with van der Waals surface area (Å²) in [5, 5.41) is 17.4. The number of ether oxygens (including phenoxy) is 1. The second-order valence-corrected chi connectivity index (χ2v) is 5.29. The highest BCUT2D eigenvalue weighted by Crippen LogP contribution is 2.26. The number of nitrogens with one attached hydrogen (secondary N) is 2. The molecule has 0 unspecified atom stereocenters. The molecule has 0 fully saturated rings. The molecule has 3 aromatic rings. The molecule has 0 radical (unpaired) electrons. The minimum absolute atomic E-state index is 0.134. The third kappa shape index (κ3) is 3.92. The van der Waals surface area contributed by atoms with Crippen molar-refractivity contribution in [3.05, 3.63) is 54.4 Å². The highest BCUT2D eigenvalue weighted by molar-refractivity contribution is 5.93. The maximum Gasteiger partial charge on any atom is 0.243 e. The summed E-state index contributed by atoms with van der Waals surface area (Å²) in [6.45, 7) is 1.93. The summed E-state index contributed by atoms with van der Waals surface area (Å²) in [5.74, 6) is 1.13. The monoisotopic (exact) mass is 338 g/mol. The Morgan fingerprint density at radius 3 is 2.64 bits per heavy atom. The molecule has 1 heterocycles. The molecule has 25 heavy (non-hydrogen) atoms. The highest BCUT2D eigenvalue weighted by atomic mass is 16.5. The summed E-state index contributed by atoms with van der Waals surface area (Å²) in [6.07, 6.45) is 0. The number of para-hydroxylation sites is 1. The van der Waals surface area contributed by atoms with Gasteiger partial charge in [-0.05, 0) is 47.7 Å². The van der Waals surface area contributed by atoms with Gasteiger partial charge in [-0.25, -0.2) is 0 Å². The normalized spacial score (nSPS) is 10.3. The fourth-order valence-corrected chi connectivity index (χ4v) is 2.33. The Morgan fingerprint density at radius 2 is 1.96 bits per heavy atom. The minimum atomic E-state index is -0.137. The lowest BCUT2D eigenvalue weighted by Crippen LogP contribution is -2.21. The standard InChI is InChI=1S/C17H18N6O2/c1-12-20-21-22-23(12)15-10-14(8-9-16(15)25-2)18-11-17(24)19-13-6-4-3-5-7-13/h3-10,18H,11H2,1-2H3,(H,19,24). The van der Waals surface area contributed by atoms with E-state index in [1.54, 1.807) is 24.8 Å². The van der Waals surface area contributed by atoms with Crippen LogP contribution in [0.4, 0.5) is 11.4 Å². The van der Waals surface area contributed by atoms with Crippen LogP contribution in [0.15, 0.2) is 48.5 Å². The van der Waals surface area contributed by atoms with Gasteiger partial charge in [0.05, 0.1) is 13.7 Å². The fraction of sp³-hybridized carbons (Fsp3) is 0.176. The van der Waals surface area contributed by atoms with E-state index in [4.69, 9.17) is 4.74 Å². The molecule has 3 rings (SSSR count). The first kappa shape index (κ1) is 16.4. The summed E-state index contributed by atoms with van der Waals surface area (Å²) < 4.78 is 6.94. The maximum atomic E-state index is 12.0. The van der Waals surface area contributed by atoms with Crippen LogP contribution in [-0.4, -0.2) is 39.8 Å². The second-order valence-electron chi connectivity index (χ2n) is 5.29. The molecule has 0 bridgehead atoms. The number of rotatable bonds is 6. The van der Waals surface area contributed by atoms with Crippen LogP contribution in [0, 0.1) is 6.92 Å². The molecule has 8 nitrogen and oxygen atoms in total. The van der Waals surface area contributed by atoms with Gasteiger partial charge < -0.3 is 15.4 Å². The van der Waals surface area contributed by atoms with Crippen LogP contribution >= 0.6 is 0 Å². The number of amides is 1. The number of benzene rings is 2. The first-order valence-electron chi connectivity index (χ1n) is 7.69. The van der Waals surface area contributed by atoms with Crippen molar-refractivity contribution in [1.82, 2.24) is 20.2 Å². The molecular weight excluding hydrogens is 320 g/mol. The smallest absolute Gasteiger partial charge is 0.243 e. The zero-order chi connectivity index (χ0) is 17.6. The number of aromatic nitrogens is 4. The molecule has 2 N–H and O–H groups in total. The van der Waals surface area contributed by atoms with E-state index in [0.29, 0.717) is 17.3 Å². The van der Waals surface area contributed by atoms with E-state index in [9.17, 15) is 4.79 Å². The topological polar surface area (TPSA) is 94.0 Å². The molecule has 1 amide bonds. The number of carbonyl (C=O) groups excluding carboxylic acids is 1. The largest absolute Gasteiger partial charge is 0.494 e. The van der Waals surface area contributed by atoms with Gasteiger partial charge in [0.2, 0.25) is 5.91 Å². The minimum Gasteiger partial charge on any atom is -0.494 e. The van der Waals surface area contributed by atoms with E-state index in [1.165, 1.54) is 0 Å². The van der Waals surface area contributed by atoms with E-state index in [2.05, 4.69) is 26.2 Å². The van der Waals surface area contributed by atoms with E-state index in [1.807, 2.05) is 42.5 Å². The van der Waals surface area contributed by atoms with Crippen molar-refractivity contribution in [2.24, 2.45) is 0 Å². The van der Waals surface area contributed by atoms with Gasteiger partial charge in [0.15, 0.2) is 5.82 Å². The van der Waals surface area contributed by atoms with E-state index >= 15 is 0 Å². The van der Waals surface area contributed by atoms with E-state index < -0.39 is 0 Å². The van der Waals surface area contributed by atoms with E-state index in [-0.39, 0.29) is 12.5 Å². The van der Waals surface area contributed by atoms with Crippen molar-refractivity contribution in [2.45, 2.75) is 6.92 Å². The number of hydrogen-bond donors (Lipinski definition) is 2. The van der Waals surface area contributed by atoms with Crippen molar-refractivity contribution in [3.8, 4) is 11.4 Å². The van der Waals surface area contributed by atoms with Gasteiger partial charge in [-0.15, -0.1) is 5.10 Å². The Kier molecular flexibility index (Phi) is 4.89. The Bertz CT molecular complexity index is 863. The van der Waals surface area contributed by atoms with Crippen LogP contribution in [0.5, 0.6) is 5.75 Å².